The third-order valence-electron chi connectivity index (χ3n) is 3.76. The Morgan fingerprint density at radius 3 is 2.05 bits per heavy atom. The van der Waals surface area contributed by atoms with Crippen molar-refractivity contribution in [2.75, 3.05) is 6.61 Å². The van der Waals surface area contributed by atoms with Crippen molar-refractivity contribution in [1.29, 1.82) is 0 Å². The van der Waals surface area contributed by atoms with E-state index in [9.17, 15) is 0 Å². The lowest BCUT2D eigenvalue weighted by atomic mass is 10.1. The predicted molar refractivity (Wildman–Crippen MR) is 85.0 cm³/mol. The van der Waals surface area contributed by atoms with Gasteiger partial charge in [-0.15, -0.1) is 0 Å². The largest absolute Gasteiger partial charge is 0.444 e. The predicted octanol–water partition coefficient (Wildman–Crippen LogP) is 4.81. The number of nitrogens with zero attached hydrogens (tertiary/aromatic N) is 1. The molecular formula is C18H32NO+. The lowest BCUT2D eigenvalue weighted by molar-refractivity contribution is -0.677. The fourth-order valence-electron chi connectivity index (χ4n) is 2.42. The van der Waals surface area contributed by atoms with E-state index in [1.807, 2.05) is 36.0 Å². The molecule has 20 heavy (non-hydrogen) atoms. The fraction of sp³-hybridized carbons (Fsp3) is 0.722. The molecule has 0 bridgehead atoms. The summed E-state index contributed by atoms with van der Waals surface area (Å²) in [4.78, 5) is 0. The van der Waals surface area contributed by atoms with Crippen molar-refractivity contribution >= 4 is 0 Å². The van der Waals surface area contributed by atoms with Crippen LogP contribution in [0.15, 0.2) is 24.4 Å². The molecule has 0 aliphatic carbocycles. The molecule has 0 saturated heterocycles. The van der Waals surface area contributed by atoms with E-state index in [4.69, 9.17) is 4.74 Å². The second-order valence-corrected chi connectivity index (χ2v) is 5.68. The van der Waals surface area contributed by atoms with Gasteiger partial charge >= 0.3 is 5.88 Å². The zero-order valence-corrected chi connectivity index (χ0v) is 13.4. The van der Waals surface area contributed by atoms with Gasteiger partial charge in [0, 0.05) is 6.07 Å². The Hall–Kier alpha value is -1.05. The summed E-state index contributed by atoms with van der Waals surface area (Å²) in [5.74, 6) is 0.962. The molecule has 0 aliphatic heterocycles. The number of aryl methyl sites for hydroxylation is 1. The minimum absolute atomic E-state index is 0.842. The SMILES string of the molecule is CCCCCCCCCCCCOc1cccc[n+]1C. The van der Waals surface area contributed by atoms with Crippen molar-refractivity contribution in [3.63, 3.8) is 0 Å². The maximum Gasteiger partial charge on any atom is 0.367 e. The molecule has 0 N–H and O–H groups in total. The number of ether oxygens (including phenoxy) is 1. The van der Waals surface area contributed by atoms with E-state index < -0.39 is 0 Å². The van der Waals surface area contributed by atoms with Gasteiger partial charge in [-0.3, -0.25) is 0 Å². The van der Waals surface area contributed by atoms with Crippen LogP contribution in [0.3, 0.4) is 0 Å². The van der Waals surface area contributed by atoms with Gasteiger partial charge in [-0.05, 0) is 12.5 Å². The van der Waals surface area contributed by atoms with Gasteiger partial charge in [0.2, 0.25) is 0 Å². The fourth-order valence-corrected chi connectivity index (χ4v) is 2.42. The smallest absolute Gasteiger partial charge is 0.367 e. The number of hydrogen-bond donors (Lipinski definition) is 0. The van der Waals surface area contributed by atoms with Gasteiger partial charge in [0.1, 0.15) is 7.05 Å². The molecule has 0 atom stereocenters. The van der Waals surface area contributed by atoms with Crippen LogP contribution in [0.4, 0.5) is 0 Å². The van der Waals surface area contributed by atoms with Crippen molar-refractivity contribution in [3.8, 4) is 5.88 Å². The van der Waals surface area contributed by atoms with Gasteiger partial charge < -0.3 is 4.74 Å². The van der Waals surface area contributed by atoms with Crippen LogP contribution in [-0.2, 0) is 7.05 Å². The van der Waals surface area contributed by atoms with Gasteiger partial charge in [0.25, 0.3) is 0 Å². The molecule has 114 valence electrons. The maximum absolute atomic E-state index is 5.77. The summed E-state index contributed by atoms with van der Waals surface area (Å²) in [6.07, 6.45) is 15.7. The standard InChI is InChI=1S/C18H32NO/c1-3-4-5-6-7-8-9-10-11-14-17-20-18-15-12-13-16-19(18)2/h12-13,15-16H,3-11,14,17H2,1-2H3/q+1. The topological polar surface area (TPSA) is 13.1 Å². The first-order chi connectivity index (χ1) is 9.84. The second-order valence-electron chi connectivity index (χ2n) is 5.68. The van der Waals surface area contributed by atoms with Crippen LogP contribution >= 0.6 is 0 Å². The van der Waals surface area contributed by atoms with Crippen LogP contribution in [0, 0.1) is 0 Å². The lowest BCUT2D eigenvalue weighted by Crippen LogP contribution is -2.29. The highest BCUT2D eigenvalue weighted by atomic mass is 16.5. The van der Waals surface area contributed by atoms with Gasteiger partial charge in [-0.25, -0.2) is 0 Å². The lowest BCUT2D eigenvalue weighted by Gasteiger charge is -2.04. The first-order valence-electron chi connectivity index (χ1n) is 8.42. The average molecular weight is 278 g/mol. The molecule has 2 nitrogen and oxygen atoms in total. The third-order valence-corrected chi connectivity index (χ3v) is 3.76. The van der Waals surface area contributed by atoms with E-state index in [1.54, 1.807) is 0 Å². The molecule has 0 spiro atoms. The first kappa shape index (κ1) is 17.0. The van der Waals surface area contributed by atoms with Crippen LogP contribution in [0.2, 0.25) is 0 Å². The van der Waals surface area contributed by atoms with Gasteiger partial charge in [-0.1, -0.05) is 64.7 Å². The van der Waals surface area contributed by atoms with Crippen LogP contribution in [-0.4, -0.2) is 6.61 Å². The van der Waals surface area contributed by atoms with Crippen molar-refractivity contribution in [2.45, 2.75) is 71.1 Å². The van der Waals surface area contributed by atoms with Gasteiger partial charge in [-0.2, -0.15) is 4.57 Å². The summed E-state index contributed by atoms with van der Waals surface area (Å²) >= 11 is 0. The number of pyridine rings is 1. The van der Waals surface area contributed by atoms with Gasteiger partial charge in [0.15, 0.2) is 6.20 Å². The van der Waals surface area contributed by atoms with E-state index >= 15 is 0 Å². The molecule has 0 aromatic carbocycles. The normalized spacial score (nSPS) is 10.7. The van der Waals surface area contributed by atoms with E-state index in [1.165, 1.54) is 64.2 Å². The van der Waals surface area contributed by atoms with Crippen molar-refractivity contribution in [2.24, 2.45) is 7.05 Å². The zero-order chi connectivity index (χ0) is 14.5. The Labute approximate surface area is 125 Å². The van der Waals surface area contributed by atoms with Crippen LogP contribution in [0.25, 0.3) is 0 Å². The van der Waals surface area contributed by atoms with E-state index in [-0.39, 0.29) is 0 Å². The van der Waals surface area contributed by atoms with Gasteiger partial charge in [0.05, 0.1) is 12.7 Å². The van der Waals surface area contributed by atoms with Crippen LogP contribution < -0.4 is 9.30 Å². The summed E-state index contributed by atoms with van der Waals surface area (Å²) in [7, 11) is 2.02. The van der Waals surface area contributed by atoms with Crippen molar-refractivity contribution < 1.29 is 9.30 Å². The van der Waals surface area contributed by atoms with Crippen LogP contribution in [0.1, 0.15) is 71.1 Å². The Morgan fingerprint density at radius 1 is 0.850 bits per heavy atom. The minimum Gasteiger partial charge on any atom is -0.444 e. The number of unbranched alkanes of at least 4 members (excludes halogenated alkanes) is 9. The highest BCUT2D eigenvalue weighted by molar-refractivity contribution is 5.02. The van der Waals surface area contributed by atoms with E-state index in [0.29, 0.717) is 0 Å². The number of aromatic nitrogens is 1. The molecule has 1 rings (SSSR count). The molecular weight excluding hydrogens is 246 g/mol. The molecule has 0 amide bonds. The van der Waals surface area contributed by atoms with E-state index in [2.05, 4.69) is 6.92 Å². The summed E-state index contributed by atoms with van der Waals surface area (Å²) < 4.78 is 7.80. The number of hydrogen-bond acceptors (Lipinski definition) is 1. The first-order valence-corrected chi connectivity index (χ1v) is 8.42. The second kappa shape index (κ2) is 11.7. The number of rotatable bonds is 12. The van der Waals surface area contributed by atoms with Crippen molar-refractivity contribution in [3.05, 3.63) is 24.4 Å². The Bertz CT molecular complexity index is 338. The molecule has 1 aromatic rings. The average Bonchev–Trinajstić information content (AvgIpc) is 2.46. The maximum atomic E-state index is 5.77. The minimum atomic E-state index is 0.842. The molecule has 2 heteroatoms. The third kappa shape index (κ3) is 8.19. The molecule has 0 radical (unpaired) electrons. The summed E-state index contributed by atoms with van der Waals surface area (Å²) in [6.45, 7) is 3.12. The molecule has 1 aromatic heterocycles. The molecule has 0 saturated carbocycles. The highest BCUT2D eigenvalue weighted by Gasteiger charge is 2.04. The molecule has 0 unspecified atom stereocenters. The summed E-state index contributed by atoms with van der Waals surface area (Å²) in [5.41, 5.74) is 0. The summed E-state index contributed by atoms with van der Waals surface area (Å²) in [5, 5.41) is 0. The molecule has 0 fully saturated rings. The van der Waals surface area contributed by atoms with E-state index in [0.717, 1.165) is 12.5 Å². The molecule has 0 aliphatic rings. The molecule has 1 heterocycles. The Balaban J connectivity index is 1.87. The van der Waals surface area contributed by atoms with Crippen LogP contribution in [0.5, 0.6) is 5.88 Å². The van der Waals surface area contributed by atoms with Crippen molar-refractivity contribution in [1.82, 2.24) is 0 Å². The highest BCUT2D eigenvalue weighted by Crippen LogP contribution is 2.10. The monoisotopic (exact) mass is 278 g/mol. The summed E-state index contributed by atoms with van der Waals surface area (Å²) in [6, 6.07) is 6.07. The zero-order valence-electron chi connectivity index (χ0n) is 13.4. The Kier molecular flexibility index (Phi) is 9.99. The quantitative estimate of drug-likeness (QED) is 0.395. The Morgan fingerprint density at radius 2 is 1.45 bits per heavy atom.